The van der Waals surface area contributed by atoms with Crippen LogP contribution in [0.15, 0.2) is 22.7 Å². The van der Waals surface area contributed by atoms with E-state index in [4.69, 9.17) is 0 Å². The van der Waals surface area contributed by atoms with Crippen LogP contribution in [0.2, 0.25) is 0 Å². The lowest BCUT2D eigenvalue weighted by Gasteiger charge is -2.25. The van der Waals surface area contributed by atoms with Crippen molar-refractivity contribution in [3.63, 3.8) is 0 Å². The van der Waals surface area contributed by atoms with E-state index in [-0.39, 0.29) is 17.5 Å². The zero-order valence-electron chi connectivity index (χ0n) is 11.6. The van der Waals surface area contributed by atoms with Gasteiger partial charge in [-0.2, -0.15) is 13.2 Å². The average Bonchev–Trinajstić information content (AvgIpc) is 2.40. The van der Waals surface area contributed by atoms with Crippen LogP contribution >= 0.6 is 15.9 Å². The van der Waals surface area contributed by atoms with Crippen molar-refractivity contribution in [2.24, 2.45) is 11.8 Å². The fourth-order valence-electron chi connectivity index (χ4n) is 2.55. The zero-order chi connectivity index (χ0) is 15.6. The van der Waals surface area contributed by atoms with E-state index in [9.17, 15) is 18.0 Å². The van der Waals surface area contributed by atoms with Gasteiger partial charge in [0.05, 0.1) is 11.3 Å². The number of amides is 1. The summed E-state index contributed by atoms with van der Waals surface area (Å²) in [5, 5.41) is 2.62. The molecule has 0 aromatic heterocycles. The molecule has 0 radical (unpaired) electrons. The Hall–Kier alpha value is -1.04. The van der Waals surface area contributed by atoms with Crippen LogP contribution in [0.5, 0.6) is 0 Å². The topological polar surface area (TPSA) is 29.1 Å². The summed E-state index contributed by atoms with van der Waals surface area (Å²) in [7, 11) is 0. The Labute approximate surface area is 130 Å². The summed E-state index contributed by atoms with van der Waals surface area (Å²) in [5.41, 5.74) is -0.591. The molecule has 1 aliphatic rings. The van der Waals surface area contributed by atoms with E-state index >= 15 is 0 Å². The molecule has 1 fully saturated rings. The number of nitrogens with one attached hydrogen (secondary N) is 1. The molecule has 21 heavy (non-hydrogen) atoms. The van der Waals surface area contributed by atoms with Crippen molar-refractivity contribution in [2.75, 3.05) is 5.32 Å². The molecule has 2 rings (SSSR count). The highest BCUT2D eigenvalue weighted by molar-refractivity contribution is 9.10. The van der Waals surface area contributed by atoms with Crippen LogP contribution in [-0.4, -0.2) is 5.91 Å². The predicted molar refractivity (Wildman–Crippen MR) is 78.9 cm³/mol. The Bertz CT molecular complexity index is 522. The van der Waals surface area contributed by atoms with E-state index in [1.165, 1.54) is 6.07 Å². The first kappa shape index (κ1) is 16.3. The summed E-state index contributed by atoms with van der Waals surface area (Å²) in [6.45, 7) is 2.15. The average molecular weight is 364 g/mol. The molecule has 1 amide bonds. The smallest absolute Gasteiger partial charge is 0.325 e. The van der Waals surface area contributed by atoms with Crippen molar-refractivity contribution in [3.05, 3.63) is 28.2 Å². The van der Waals surface area contributed by atoms with Crippen molar-refractivity contribution >= 4 is 27.5 Å². The first-order chi connectivity index (χ1) is 9.77. The van der Waals surface area contributed by atoms with Gasteiger partial charge in [-0.1, -0.05) is 6.92 Å². The molecule has 2 nitrogen and oxygen atoms in total. The summed E-state index contributed by atoms with van der Waals surface area (Å²) in [6, 6.07) is 3.26. The van der Waals surface area contributed by atoms with Gasteiger partial charge in [-0.15, -0.1) is 0 Å². The summed E-state index contributed by atoms with van der Waals surface area (Å²) < 4.78 is 38.6. The van der Waals surface area contributed by atoms with Crippen LogP contribution in [0.4, 0.5) is 18.9 Å². The lowest BCUT2D eigenvalue weighted by molar-refractivity contribution is -0.137. The largest absolute Gasteiger partial charge is 0.416 e. The van der Waals surface area contributed by atoms with Crippen LogP contribution < -0.4 is 5.32 Å². The van der Waals surface area contributed by atoms with E-state index in [0.29, 0.717) is 10.4 Å². The highest BCUT2D eigenvalue weighted by Crippen LogP contribution is 2.35. The molecule has 0 bridgehead atoms. The van der Waals surface area contributed by atoms with Crippen LogP contribution in [0.25, 0.3) is 0 Å². The Morgan fingerprint density at radius 3 is 2.43 bits per heavy atom. The van der Waals surface area contributed by atoms with Gasteiger partial charge in [0.15, 0.2) is 0 Å². The van der Waals surface area contributed by atoms with Gasteiger partial charge in [0, 0.05) is 10.4 Å². The number of anilines is 1. The van der Waals surface area contributed by atoms with Gasteiger partial charge >= 0.3 is 6.18 Å². The van der Waals surface area contributed by atoms with E-state index < -0.39 is 11.7 Å². The molecule has 1 aromatic rings. The van der Waals surface area contributed by atoms with E-state index in [1.807, 2.05) is 0 Å². The summed E-state index contributed by atoms with van der Waals surface area (Å²) in [6.07, 6.45) is -0.850. The molecule has 1 aromatic carbocycles. The van der Waals surface area contributed by atoms with Crippen LogP contribution in [0, 0.1) is 11.8 Å². The highest BCUT2D eigenvalue weighted by atomic mass is 79.9. The molecule has 0 spiro atoms. The lowest BCUT2D eigenvalue weighted by Crippen LogP contribution is -2.26. The lowest BCUT2D eigenvalue weighted by atomic mass is 9.82. The molecule has 0 heterocycles. The van der Waals surface area contributed by atoms with Crippen molar-refractivity contribution in [1.29, 1.82) is 0 Å². The normalized spacial score (nSPS) is 22.9. The Morgan fingerprint density at radius 2 is 1.86 bits per heavy atom. The molecular weight excluding hydrogens is 347 g/mol. The molecule has 1 saturated carbocycles. The number of benzene rings is 1. The van der Waals surface area contributed by atoms with Crippen molar-refractivity contribution in [1.82, 2.24) is 0 Å². The Balaban J connectivity index is 2.10. The van der Waals surface area contributed by atoms with Gasteiger partial charge in [-0.25, -0.2) is 0 Å². The second kappa shape index (κ2) is 6.38. The third-order valence-electron chi connectivity index (χ3n) is 3.94. The third kappa shape index (κ3) is 4.22. The van der Waals surface area contributed by atoms with E-state index in [2.05, 4.69) is 28.2 Å². The molecule has 1 aliphatic carbocycles. The number of carbonyl (C=O) groups is 1. The number of carbonyl (C=O) groups excluding carboxylic acids is 1. The standard InChI is InChI=1S/C15H17BrF3NO/c1-9-2-4-10(5-3-9)14(21)20-13-8-11(15(17,18)19)6-7-12(13)16/h6-10H,2-5H2,1H3,(H,20,21). The number of alkyl halides is 3. The minimum atomic E-state index is -4.42. The van der Waals surface area contributed by atoms with Gasteiger partial charge in [-0.3, -0.25) is 4.79 Å². The van der Waals surface area contributed by atoms with Crippen molar-refractivity contribution in [3.8, 4) is 0 Å². The van der Waals surface area contributed by atoms with Crippen LogP contribution in [0.1, 0.15) is 38.2 Å². The summed E-state index contributed by atoms with van der Waals surface area (Å²) in [5.74, 6) is 0.318. The fourth-order valence-corrected chi connectivity index (χ4v) is 2.90. The van der Waals surface area contributed by atoms with Gasteiger partial charge in [-0.05, 0) is 65.7 Å². The molecular formula is C15H17BrF3NO. The second-order valence-electron chi connectivity index (χ2n) is 5.64. The first-order valence-corrected chi connectivity index (χ1v) is 7.74. The quantitative estimate of drug-likeness (QED) is 0.765. The second-order valence-corrected chi connectivity index (χ2v) is 6.49. The molecule has 116 valence electrons. The minimum Gasteiger partial charge on any atom is -0.325 e. The summed E-state index contributed by atoms with van der Waals surface area (Å²) in [4.78, 5) is 12.2. The van der Waals surface area contributed by atoms with Crippen LogP contribution in [-0.2, 0) is 11.0 Å². The monoisotopic (exact) mass is 363 g/mol. The van der Waals surface area contributed by atoms with Gasteiger partial charge < -0.3 is 5.32 Å². The predicted octanol–water partition coefficient (Wildman–Crippen LogP) is 5.23. The highest BCUT2D eigenvalue weighted by Gasteiger charge is 2.31. The maximum absolute atomic E-state index is 12.7. The van der Waals surface area contributed by atoms with Gasteiger partial charge in [0.25, 0.3) is 0 Å². The number of rotatable bonds is 2. The molecule has 6 heteroatoms. The van der Waals surface area contributed by atoms with E-state index in [1.54, 1.807) is 0 Å². The first-order valence-electron chi connectivity index (χ1n) is 6.95. The molecule has 0 saturated heterocycles. The maximum atomic E-state index is 12.7. The molecule has 1 N–H and O–H groups in total. The summed E-state index contributed by atoms with van der Waals surface area (Å²) >= 11 is 3.18. The zero-order valence-corrected chi connectivity index (χ0v) is 13.2. The van der Waals surface area contributed by atoms with E-state index in [0.717, 1.165) is 37.8 Å². The van der Waals surface area contributed by atoms with Gasteiger partial charge in [0.1, 0.15) is 0 Å². The number of halogens is 4. The van der Waals surface area contributed by atoms with Crippen molar-refractivity contribution < 1.29 is 18.0 Å². The maximum Gasteiger partial charge on any atom is 0.416 e. The van der Waals surface area contributed by atoms with Crippen molar-refractivity contribution in [2.45, 2.75) is 38.8 Å². The SMILES string of the molecule is CC1CCC(C(=O)Nc2cc(C(F)(F)F)ccc2Br)CC1. The Morgan fingerprint density at radius 1 is 1.24 bits per heavy atom. The Kier molecular flexibility index (Phi) is 4.96. The number of hydrogen-bond acceptors (Lipinski definition) is 1. The third-order valence-corrected chi connectivity index (χ3v) is 4.63. The molecule has 0 unspecified atom stereocenters. The molecule has 0 aliphatic heterocycles. The minimum absolute atomic E-state index is 0.109. The molecule has 0 atom stereocenters. The number of hydrogen-bond donors (Lipinski definition) is 1. The van der Waals surface area contributed by atoms with Crippen LogP contribution in [0.3, 0.4) is 0 Å². The fraction of sp³-hybridized carbons (Fsp3) is 0.533. The van der Waals surface area contributed by atoms with Gasteiger partial charge in [0.2, 0.25) is 5.91 Å².